The van der Waals surface area contributed by atoms with E-state index in [2.05, 4.69) is 26.9 Å². The average Bonchev–Trinajstić information content (AvgIpc) is 3.08. The number of thiophene rings is 1. The number of carbonyl (C=O) groups is 1. The number of amides is 1. The minimum Gasteiger partial charge on any atom is -0.351 e. The highest BCUT2D eigenvalue weighted by Crippen LogP contribution is 2.14. The Morgan fingerprint density at radius 3 is 2.57 bits per heavy atom. The van der Waals surface area contributed by atoms with E-state index in [1.54, 1.807) is 23.1 Å². The summed E-state index contributed by atoms with van der Waals surface area (Å²) in [6, 6.07) is 7.96. The number of hydrogen-bond donors (Lipinski definition) is 2. The summed E-state index contributed by atoms with van der Waals surface area (Å²) in [6.07, 6.45) is 0. The van der Waals surface area contributed by atoms with Gasteiger partial charge in [0.2, 0.25) is 10.0 Å². The Morgan fingerprint density at radius 1 is 1.22 bits per heavy atom. The molecule has 1 amide bonds. The lowest BCUT2D eigenvalue weighted by atomic mass is 10.2. The first-order valence-corrected chi connectivity index (χ1v) is 10.5. The first-order chi connectivity index (χ1) is 11.0. The zero-order valence-electron chi connectivity index (χ0n) is 12.6. The Morgan fingerprint density at radius 2 is 1.96 bits per heavy atom. The number of benzene rings is 1. The van der Waals surface area contributed by atoms with E-state index in [9.17, 15) is 13.2 Å². The van der Waals surface area contributed by atoms with Crippen molar-refractivity contribution in [3.8, 4) is 0 Å². The van der Waals surface area contributed by atoms with Gasteiger partial charge in [0.05, 0.1) is 4.90 Å². The monoisotopic (exact) mass is 370 g/mol. The molecule has 5 nitrogen and oxygen atoms in total. The third-order valence-corrected chi connectivity index (χ3v) is 6.27. The molecule has 23 heavy (non-hydrogen) atoms. The summed E-state index contributed by atoms with van der Waals surface area (Å²) in [6.45, 7) is 0.574. The van der Waals surface area contributed by atoms with E-state index in [0.717, 1.165) is 11.5 Å². The minimum absolute atomic E-state index is 0.142. The Kier molecular flexibility index (Phi) is 6.64. The van der Waals surface area contributed by atoms with Gasteiger partial charge in [-0.25, -0.2) is 13.1 Å². The fourth-order valence-corrected chi connectivity index (χ4v) is 4.12. The molecule has 124 valence electrons. The van der Waals surface area contributed by atoms with Crippen LogP contribution in [0.1, 0.15) is 15.9 Å². The van der Waals surface area contributed by atoms with E-state index in [1.807, 2.05) is 0 Å². The van der Waals surface area contributed by atoms with Crippen molar-refractivity contribution in [3.63, 3.8) is 0 Å². The van der Waals surface area contributed by atoms with Crippen LogP contribution in [0, 0.1) is 0 Å². The molecule has 2 rings (SSSR count). The van der Waals surface area contributed by atoms with Gasteiger partial charge in [-0.2, -0.15) is 23.1 Å². The van der Waals surface area contributed by atoms with E-state index in [-0.39, 0.29) is 10.8 Å². The van der Waals surface area contributed by atoms with Crippen LogP contribution in [-0.4, -0.2) is 33.7 Å². The molecule has 0 fully saturated rings. The molecule has 0 atom stereocenters. The maximum atomic E-state index is 12.0. The Labute approximate surface area is 144 Å². The van der Waals surface area contributed by atoms with E-state index in [4.69, 9.17) is 0 Å². The van der Waals surface area contributed by atoms with Gasteiger partial charge in [0.25, 0.3) is 5.91 Å². The molecule has 0 unspecified atom stereocenters. The van der Waals surface area contributed by atoms with Crippen LogP contribution in [0.4, 0.5) is 0 Å². The molecule has 1 aromatic carbocycles. The van der Waals surface area contributed by atoms with Gasteiger partial charge in [0.1, 0.15) is 0 Å². The number of hydrogen-bond acceptors (Lipinski definition) is 5. The second kappa shape index (κ2) is 8.49. The molecule has 2 N–H and O–H groups in total. The van der Waals surface area contributed by atoms with Crippen molar-refractivity contribution in [2.24, 2.45) is 0 Å². The van der Waals surface area contributed by atoms with Crippen molar-refractivity contribution >= 4 is 39.0 Å². The number of thioether (sulfide) groups is 1. The Balaban J connectivity index is 1.77. The van der Waals surface area contributed by atoms with Crippen LogP contribution in [0.2, 0.25) is 0 Å². The van der Waals surface area contributed by atoms with Crippen molar-refractivity contribution in [1.29, 1.82) is 0 Å². The van der Waals surface area contributed by atoms with E-state index < -0.39 is 10.0 Å². The van der Waals surface area contributed by atoms with Gasteiger partial charge in [0.15, 0.2) is 0 Å². The zero-order valence-corrected chi connectivity index (χ0v) is 15.1. The van der Waals surface area contributed by atoms with Crippen LogP contribution >= 0.6 is 23.1 Å². The topological polar surface area (TPSA) is 75.3 Å². The van der Waals surface area contributed by atoms with E-state index in [0.29, 0.717) is 12.1 Å². The second-order valence-corrected chi connectivity index (χ2v) is 8.44. The van der Waals surface area contributed by atoms with Gasteiger partial charge in [-0.15, -0.1) is 0 Å². The third kappa shape index (κ3) is 5.35. The average molecular weight is 371 g/mol. The summed E-state index contributed by atoms with van der Waals surface area (Å²) in [4.78, 5) is 12.1. The van der Waals surface area contributed by atoms with Crippen LogP contribution in [0.25, 0.3) is 0 Å². The first-order valence-electron chi connectivity index (χ1n) is 6.93. The van der Waals surface area contributed by atoms with Gasteiger partial charge in [0, 0.05) is 23.6 Å². The van der Waals surface area contributed by atoms with Crippen LogP contribution < -0.4 is 10.0 Å². The van der Waals surface area contributed by atoms with Gasteiger partial charge >= 0.3 is 0 Å². The lowest BCUT2D eigenvalue weighted by Crippen LogP contribution is -2.26. The molecule has 0 spiro atoms. The zero-order chi connectivity index (χ0) is 16.7. The van der Waals surface area contributed by atoms with Crippen LogP contribution in [-0.2, 0) is 15.8 Å². The highest BCUT2D eigenvalue weighted by Gasteiger charge is 2.12. The van der Waals surface area contributed by atoms with E-state index >= 15 is 0 Å². The van der Waals surface area contributed by atoms with Crippen LogP contribution in [0.5, 0.6) is 0 Å². The van der Waals surface area contributed by atoms with Gasteiger partial charge < -0.3 is 5.32 Å². The summed E-state index contributed by atoms with van der Waals surface area (Å²) >= 11 is 3.44. The Hall–Kier alpha value is -1.35. The minimum atomic E-state index is -3.47. The molecule has 0 saturated carbocycles. The van der Waals surface area contributed by atoms with Crippen molar-refractivity contribution in [2.75, 3.05) is 19.3 Å². The number of nitrogens with one attached hydrogen (secondary N) is 2. The normalized spacial score (nSPS) is 11.3. The summed E-state index contributed by atoms with van der Waals surface area (Å²) in [7, 11) is -2.12. The highest BCUT2D eigenvalue weighted by molar-refractivity contribution is 7.98. The fraction of sp³-hybridized carbons (Fsp3) is 0.267. The number of carbonyl (C=O) groups excluding carboxylic acids is 1. The summed E-state index contributed by atoms with van der Waals surface area (Å²) in [5.74, 6) is 1.57. The summed E-state index contributed by atoms with van der Waals surface area (Å²) < 4.78 is 25.5. The molecular weight excluding hydrogens is 352 g/mol. The predicted molar refractivity (Wildman–Crippen MR) is 95.5 cm³/mol. The molecule has 1 heterocycles. The molecule has 0 aliphatic heterocycles. The van der Waals surface area contributed by atoms with Crippen LogP contribution in [0.3, 0.4) is 0 Å². The largest absolute Gasteiger partial charge is 0.351 e. The SMILES string of the molecule is CNS(=O)(=O)c1ccc(C(=O)NCCSCc2ccsc2)cc1. The molecule has 1 aromatic heterocycles. The molecule has 0 bridgehead atoms. The quantitative estimate of drug-likeness (QED) is 0.699. The predicted octanol–water partition coefficient (Wildman–Crippen LogP) is 2.32. The van der Waals surface area contributed by atoms with Crippen molar-refractivity contribution in [2.45, 2.75) is 10.6 Å². The molecule has 0 saturated heterocycles. The summed E-state index contributed by atoms with van der Waals surface area (Å²) in [5, 5.41) is 7.00. The molecule has 0 aliphatic carbocycles. The number of sulfonamides is 1. The molecule has 0 aliphatic rings. The lowest BCUT2D eigenvalue weighted by Gasteiger charge is -2.06. The fourth-order valence-electron chi connectivity index (χ4n) is 1.81. The molecule has 2 aromatic rings. The maximum Gasteiger partial charge on any atom is 0.251 e. The highest BCUT2D eigenvalue weighted by atomic mass is 32.2. The summed E-state index contributed by atoms with van der Waals surface area (Å²) in [5.41, 5.74) is 1.75. The standard InChI is InChI=1S/C15H18N2O3S3/c1-16-23(19,20)14-4-2-13(3-5-14)15(18)17-7-9-22-11-12-6-8-21-10-12/h2-6,8,10,16H,7,9,11H2,1H3,(H,17,18). The smallest absolute Gasteiger partial charge is 0.251 e. The Bertz CT molecular complexity index is 726. The molecular formula is C15H18N2O3S3. The van der Waals surface area contributed by atoms with E-state index in [1.165, 1.54) is 36.9 Å². The lowest BCUT2D eigenvalue weighted by molar-refractivity contribution is 0.0956. The third-order valence-electron chi connectivity index (χ3n) is 3.08. The maximum absolute atomic E-state index is 12.0. The van der Waals surface area contributed by atoms with Crippen molar-refractivity contribution in [1.82, 2.24) is 10.0 Å². The second-order valence-electron chi connectivity index (χ2n) is 4.67. The molecule has 0 radical (unpaired) electrons. The number of rotatable bonds is 8. The first kappa shape index (κ1) is 18.0. The van der Waals surface area contributed by atoms with Gasteiger partial charge in [-0.3, -0.25) is 4.79 Å². The molecule has 8 heteroatoms. The van der Waals surface area contributed by atoms with Gasteiger partial charge in [-0.1, -0.05) is 0 Å². The van der Waals surface area contributed by atoms with Crippen LogP contribution in [0.15, 0.2) is 46.0 Å². The van der Waals surface area contributed by atoms with Crippen molar-refractivity contribution < 1.29 is 13.2 Å². The van der Waals surface area contributed by atoms with Crippen molar-refractivity contribution in [3.05, 3.63) is 52.2 Å². The van der Waals surface area contributed by atoms with Gasteiger partial charge in [-0.05, 0) is 53.7 Å².